The van der Waals surface area contributed by atoms with Crippen LogP contribution in [0.25, 0.3) is 0 Å². The van der Waals surface area contributed by atoms with E-state index in [0.29, 0.717) is 12.5 Å². The summed E-state index contributed by atoms with van der Waals surface area (Å²) >= 11 is 0. The van der Waals surface area contributed by atoms with Gasteiger partial charge in [0, 0.05) is 6.08 Å². The smallest absolute Gasteiger partial charge is 0.167 e. The number of allylic oxidation sites excluding steroid dienone is 2. The van der Waals surface area contributed by atoms with Gasteiger partial charge in [-0.25, -0.2) is 0 Å². The van der Waals surface area contributed by atoms with Crippen molar-refractivity contribution in [2.45, 2.75) is 70.9 Å². The molecule has 0 aliphatic carbocycles. The molecular formula is C13H23F3. The van der Waals surface area contributed by atoms with Crippen LogP contribution < -0.4 is 0 Å². The zero-order valence-electron chi connectivity index (χ0n) is 10.2. The fourth-order valence-electron chi connectivity index (χ4n) is 1.61. The summed E-state index contributed by atoms with van der Waals surface area (Å²) in [4.78, 5) is 0. The van der Waals surface area contributed by atoms with Gasteiger partial charge in [0.15, 0.2) is 0 Å². The maximum Gasteiger partial charge on any atom is 0.409 e. The first-order chi connectivity index (χ1) is 7.56. The fourth-order valence-corrected chi connectivity index (χ4v) is 1.61. The van der Waals surface area contributed by atoms with Gasteiger partial charge < -0.3 is 0 Å². The van der Waals surface area contributed by atoms with Gasteiger partial charge in [-0.2, -0.15) is 13.2 Å². The summed E-state index contributed by atoms with van der Waals surface area (Å²) in [5.41, 5.74) is 0. The molecule has 0 unspecified atom stereocenters. The van der Waals surface area contributed by atoms with E-state index in [2.05, 4.69) is 6.92 Å². The monoisotopic (exact) mass is 236 g/mol. The molecule has 0 aliphatic heterocycles. The van der Waals surface area contributed by atoms with E-state index in [1.54, 1.807) is 0 Å². The molecule has 0 rings (SSSR count). The quantitative estimate of drug-likeness (QED) is 0.359. The lowest BCUT2D eigenvalue weighted by atomic mass is 10.1. The van der Waals surface area contributed by atoms with Crippen LogP contribution in [0, 0.1) is 0 Å². The average molecular weight is 236 g/mol. The molecule has 16 heavy (non-hydrogen) atoms. The average Bonchev–Trinajstić information content (AvgIpc) is 2.19. The minimum Gasteiger partial charge on any atom is -0.167 e. The first kappa shape index (κ1) is 15.5. The molecule has 0 fully saturated rings. The van der Waals surface area contributed by atoms with E-state index in [1.807, 2.05) is 0 Å². The minimum atomic E-state index is -4.14. The summed E-state index contributed by atoms with van der Waals surface area (Å²) in [5, 5.41) is 0. The van der Waals surface area contributed by atoms with Crippen LogP contribution in [-0.4, -0.2) is 6.18 Å². The van der Waals surface area contributed by atoms with Crippen molar-refractivity contribution in [1.29, 1.82) is 0 Å². The van der Waals surface area contributed by atoms with E-state index in [1.165, 1.54) is 38.2 Å². The lowest BCUT2D eigenvalue weighted by Crippen LogP contribution is -2.00. The van der Waals surface area contributed by atoms with Crippen molar-refractivity contribution >= 4 is 0 Å². The summed E-state index contributed by atoms with van der Waals surface area (Å²) in [6, 6.07) is 0. The second-order valence-electron chi connectivity index (χ2n) is 4.21. The van der Waals surface area contributed by atoms with Gasteiger partial charge in [0.1, 0.15) is 0 Å². The molecular weight excluding hydrogens is 213 g/mol. The standard InChI is InChI=1S/C13H23F3/c1-2-3-4-5-6-7-8-9-10-11-12-13(14,15)16/h11-12H,2-10H2,1H3/b12-11+. The third kappa shape index (κ3) is 13.5. The summed E-state index contributed by atoms with van der Waals surface area (Å²) in [6.45, 7) is 2.19. The van der Waals surface area contributed by atoms with Crippen molar-refractivity contribution in [3.05, 3.63) is 12.2 Å². The predicted molar refractivity (Wildman–Crippen MR) is 62.4 cm³/mol. The molecule has 3 heteroatoms. The highest BCUT2D eigenvalue weighted by Gasteiger charge is 2.21. The van der Waals surface area contributed by atoms with Crippen LogP contribution >= 0.6 is 0 Å². The molecule has 0 saturated heterocycles. The van der Waals surface area contributed by atoms with Gasteiger partial charge in [-0.1, -0.05) is 57.9 Å². The highest BCUT2D eigenvalue weighted by atomic mass is 19.4. The Balaban J connectivity index is 3.13. The van der Waals surface area contributed by atoms with E-state index >= 15 is 0 Å². The van der Waals surface area contributed by atoms with Crippen LogP contribution in [0.4, 0.5) is 13.2 Å². The molecule has 96 valence electrons. The highest BCUT2D eigenvalue weighted by Crippen LogP contribution is 2.17. The summed E-state index contributed by atoms with van der Waals surface area (Å²) in [5.74, 6) is 0. The topological polar surface area (TPSA) is 0 Å². The van der Waals surface area contributed by atoms with E-state index in [4.69, 9.17) is 0 Å². The molecule has 0 nitrogen and oxygen atoms in total. The van der Waals surface area contributed by atoms with Crippen molar-refractivity contribution in [2.75, 3.05) is 0 Å². The molecule has 0 amide bonds. The Morgan fingerprint density at radius 2 is 1.31 bits per heavy atom. The molecule has 0 atom stereocenters. The maximum absolute atomic E-state index is 11.7. The SMILES string of the molecule is CCCCCCCCCC/C=C/C(F)(F)F. The van der Waals surface area contributed by atoms with Crippen molar-refractivity contribution in [2.24, 2.45) is 0 Å². The Labute approximate surface area is 96.9 Å². The second kappa shape index (κ2) is 9.73. The zero-order chi connectivity index (χ0) is 12.3. The van der Waals surface area contributed by atoms with Crippen molar-refractivity contribution in [1.82, 2.24) is 0 Å². The van der Waals surface area contributed by atoms with Gasteiger partial charge in [0.05, 0.1) is 0 Å². The molecule has 0 saturated carbocycles. The molecule has 0 radical (unpaired) electrons. The zero-order valence-corrected chi connectivity index (χ0v) is 10.2. The van der Waals surface area contributed by atoms with E-state index in [-0.39, 0.29) is 0 Å². The molecule has 0 bridgehead atoms. The molecule has 0 heterocycles. The highest BCUT2D eigenvalue weighted by molar-refractivity contribution is 4.88. The van der Waals surface area contributed by atoms with Crippen molar-refractivity contribution < 1.29 is 13.2 Å². The fraction of sp³-hybridized carbons (Fsp3) is 0.846. The molecule has 0 aromatic carbocycles. The largest absolute Gasteiger partial charge is 0.409 e. The Morgan fingerprint density at radius 1 is 0.812 bits per heavy atom. The Bertz CT molecular complexity index is 171. The van der Waals surface area contributed by atoms with Crippen LogP contribution in [0.15, 0.2) is 12.2 Å². The maximum atomic E-state index is 11.7. The van der Waals surface area contributed by atoms with Crippen LogP contribution in [-0.2, 0) is 0 Å². The first-order valence-corrected chi connectivity index (χ1v) is 6.30. The van der Waals surface area contributed by atoms with Gasteiger partial charge in [-0.15, -0.1) is 0 Å². The third-order valence-corrected chi connectivity index (χ3v) is 2.53. The van der Waals surface area contributed by atoms with Gasteiger partial charge in [0.2, 0.25) is 0 Å². The molecule has 0 aromatic heterocycles. The first-order valence-electron chi connectivity index (χ1n) is 6.30. The Kier molecular flexibility index (Phi) is 9.45. The minimum absolute atomic E-state index is 0.342. The number of halogens is 3. The van der Waals surface area contributed by atoms with Gasteiger partial charge in [-0.3, -0.25) is 0 Å². The van der Waals surface area contributed by atoms with Crippen LogP contribution in [0.3, 0.4) is 0 Å². The van der Waals surface area contributed by atoms with Crippen molar-refractivity contribution in [3.63, 3.8) is 0 Å². The lowest BCUT2D eigenvalue weighted by molar-refractivity contribution is -0.0800. The molecule has 0 spiro atoms. The predicted octanol–water partition coefficient (Wildman–Crippen LogP) is 5.64. The molecule has 0 aliphatic rings. The van der Waals surface area contributed by atoms with E-state index in [0.717, 1.165) is 19.3 Å². The van der Waals surface area contributed by atoms with Crippen molar-refractivity contribution in [3.8, 4) is 0 Å². The number of alkyl halides is 3. The molecule has 0 aromatic rings. The number of rotatable bonds is 9. The van der Waals surface area contributed by atoms with Gasteiger partial charge in [0.25, 0.3) is 0 Å². The molecule has 0 N–H and O–H groups in total. The van der Waals surface area contributed by atoms with E-state index < -0.39 is 6.18 Å². The summed E-state index contributed by atoms with van der Waals surface area (Å²) in [7, 11) is 0. The third-order valence-electron chi connectivity index (χ3n) is 2.53. The van der Waals surface area contributed by atoms with Crippen LogP contribution in [0.5, 0.6) is 0 Å². The Hall–Kier alpha value is -0.470. The van der Waals surface area contributed by atoms with Crippen LogP contribution in [0.1, 0.15) is 64.7 Å². The second-order valence-corrected chi connectivity index (χ2v) is 4.21. The van der Waals surface area contributed by atoms with E-state index in [9.17, 15) is 13.2 Å². The Morgan fingerprint density at radius 3 is 1.81 bits per heavy atom. The van der Waals surface area contributed by atoms with Gasteiger partial charge in [-0.05, 0) is 12.8 Å². The number of hydrogen-bond acceptors (Lipinski definition) is 0. The number of unbranched alkanes of at least 4 members (excludes halogenated alkanes) is 8. The van der Waals surface area contributed by atoms with Gasteiger partial charge >= 0.3 is 6.18 Å². The summed E-state index contributed by atoms with van der Waals surface area (Å²) < 4.78 is 35.2. The normalized spacial score (nSPS) is 12.5. The summed E-state index contributed by atoms with van der Waals surface area (Å²) in [6.07, 6.45) is 7.41. The lowest BCUT2D eigenvalue weighted by Gasteiger charge is -2.00. The van der Waals surface area contributed by atoms with Crippen LogP contribution in [0.2, 0.25) is 0 Å². The number of hydrogen-bond donors (Lipinski definition) is 0.